The summed E-state index contributed by atoms with van der Waals surface area (Å²) in [5, 5.41) is 0. The quantitative estimate of drug-likeness (QED) is 0.699. The molecule has 1 heterocycles. The molecule has 3 nitrogen and oxygen atoms in total. The molecule has 0 amide bonds. The molecule has 0 aliphatic heterocycles. The molecule has 0 bridgehead atoms. The van der Waals surface area contributed by atoms with Crippen LogP contribution in [-0.4, -0.2) is 23.6 Å². The smallest absolute Gasteiger partial charge is 0.131 e. The second-order valence-electron chi connectivity index (χ2n) is 5.85. The number of rotatable bonds is 9. The first kappa shape index (κ1) is 17.0. The van der Waals surface area contributed by atoms with Gasteiger partial charge in [0.1, 0.15) is 5.82 Å². The lowest BCUT2D eigenvalue weighted by Gasteiger charge is -2.30. The predicted octanol–water partition coefficient (Wildman–Crippen LogP) is 3.77. The van der Waals surface area contributed by atoms with Gasteiger partial charge in [-0.05, 0) is 44.7 Å². The lowest BCUT2D eigenvalue weighted by Crippen LogP contribution is -2.34. The largest absolute Gasteiger partial charge is 0.354 e. The minimum absolute atomic E-state index is 0.225. The van der Waals surface area contributed by atoms with Crippen molar-refractivity contribution in [1.29, 1.82) is 0 Å². The van der Waals surface area contributed by atoms with Gasteiger partial charge in [0.05, 0.1) is 0 Å². The van der Waals surface area contributed by atoms with Gasteiger partial charge in [-0.25, -0.2) is 4.98 Å². The van der Waals surface area contributed by atoms with Gasteiger partial charge in [-0.15, -0.1) is 0 Å². The molecule has 0 aliphatic carbocycles. The third kappa shape index (κ3) is 5.12. The number of hydrogen-bond acceptors (Lipinski definition) is 3. The van der Waals surface area contributed by atoms with Crippen molar-refractivity contribution in [3.05, 3.63) is 23.9 Å². The van der Waals surface area contributed by atoms with Crippen molar-refractivity contribution < 1.29 is 0 Å². The van der Waals surface area contributed by atoms with Crippen LogP contribution in [0.2, 0.25) is 0 Å². The molecule has 0 radical (unpaired) electrons. The van der Waals surface area contributed by atoms with Crippen molar-refractivity contribution in [2.45, 2.75) is 71.9 Å². The highest BCUT2D eigenvalue weighted by atomic mass is 15.2. The zero-order chi connectivity index (χ0) is 15.0. The van der Waals surface area contributed by atoms with Crippen LogP contribution in [0.15, 0.2) is 18.3 Å². The van der Waals surface area contributed by atoms with Crippen LogP contribution < -0.4 is 10.6 Å². The van der Waals surface area contributed by atoms with Gasteiger partial charge < -0.3 is 10.6 Å². The molecule has 1 aromatic heterocycles. The predicted molar refractivity (Wildman–Crippen MR) is 88.2 cm³/mol. The van der Waals surface area contributed by atoms with Gasteiger partial charge in [0.15, 0.2) is 0 Å². The van der Waals surface area contributed by atoms with Crippen LogP contribution in [-0.2, 0) is 6.42 Å². The Morgan fingerprint density at radius 2 is 2.00 bits per heavy atom. The number of nitrogens with zero attached hydrogens (tertiary/aromatic N) is 2. The summed E-state index contributed by atoms with van der Waals surface area (Å²) in [7, 11) is 0. The number of unbranched alkanes of at least 4 members (excludes halogenated alkanes) is 2. The molecular weight excluding hydrogens is 246 g/mol. The van der Waals surface area contributed by atoms with Gasteiger partial charge in [-0.3, -0.25) is 0 Å². The van der Waals surface area contributed by atoms with Crippen LogP contribution in [0.25, 0.3) is 0 Å². The summed E-state index contributed by atoms with van der Waals surface area (Å²) in [5.41, 5.74) is 7.41. The number of hydrogen-bond donors (Lipinski definition) is 1. The summed E-state index contributed by atoms with van der Waals surface area (Å²) in [5.74, 6) is 1.13. The van der Waals surface area contributed by atoms with Crippen molar-refractivity contribution in [2.75, 3.05) is 11.4 Å². The zero-order valence-electron chi connectivity index (χ0n) is 13.6. The van der Waals surface area contributed by atoms with E-state index in [2.05, 4.69) is 43.6 Å². The fraction of sp³-hybridized carbons (Fsp3) is 0.706. The summed E-state index contributed by atoms with van der Waals surface area (Å²) >= 11 is 0. The molecule has 1 atom stereocenters. The maximum atomic E-state index is 6.13. The van der Waals surface area contributed by atoms with E-state index < -0.39 is 0 Å². The Bertz CT molecular complexity index is 376. The van der Waals surface area contributed by atoms with E-state index in [4.69, 9.17) is 5.73 Å². The Morgan fingerprint density at radius 3 is 2.60 bits per heavy atom. The van der Waals surface area contributed by atoms with Crippen molar-refractivity contribution in [2.24, 2.45) is 5.73 Å². The fourth-order valence-electron chi connectivity index (χ4n) is 2.42. The third-order valence-corrected chi connectivity index (χ3v) is 3.77. The first-order valence-corrected chi connectivity index (χ1v) is 8.06. The molecule has 0 aliphatic rings. The topological polar surface area (TPSA) is 42.2 Å². The van der Waals surface area contributed by atoms with Crippen LogP contribution in [0.4, 0.5) is 5.82 Å². The highest BCUT2D eigenvalue weighted by Crippen LogP contribution is 2.22. The van der Waals surface area contributed by atoms with Crippen LogP contribution in [0.1, 0.15) is 58.9 Å². The Morgan fingerprint density at radius 1 is 1.25 bits per heavy atom. The molecule has 20 heavy (non-hydrogen) atoms. The molecule has 0 saturated carbocycles. The standard InChI is InChI=1S/C17H31N3/c1-5-7-8-12-20(14(3)4)17-15(10-9-11-19-17)13-16(18)6-2/h9-11,14,16H,5-8,12-13,18H2,1-4H3. The summed E-state index contributed by atoms with van der Waals surface area (Å²) in [6, 6.07) is 4.89. The number of aromatic nitrogens is 1. The van der Waals surface area contributed by atoms with Gasteiger partial charge in [0.2, 0.25) is 0 Å². The Balaban J connectivity index is 2.88. The maximum absolute atomic E-state index is 6.13. The van der Waals surface area contributed by atoms with Crippen molar-refractivity contribution in [3.63, 3.8) is 0 Å². The average molecular weight is 277 g/mol. The fourth-order valence-corrected chi connectivity index (χ4v) is 2.42. The van der Waals surface area contributed by atoms with E-state index in [1.54, 1.807) is 0 Å². The minimum atomic E-state index is 0.225. The summed E-state index contributed by atoms with van der Waals surface area (Å²) in [6.07, 6.45) is 7.57. The number of pyridine rings is 1. The molecule has 114 valence electrons. The maximum Gasteiger partial charge on any atom is 0.131 e. The summed E-state index contributed by atoms with van der Waals surface area (Å²) < 4.78 is 0. The summed E-state index contributed by atoms with van der Waals surface area (Å²) in [6.45, 7) is 9.94. The van der Waals surface area contributed by atoms with Gasteiger partial charge in [-0.1, -0.05) is 32.8 Å². The van der Waals surface area contributed by atoms with E-state index in [0.717, 1.165) is 25.2 Å². The van der Waals surface area contributed by atoms with E-state index in [0.29, 0.717) is 6.04 Å². The van der Waals surface area contributed by atoms with E-state index in [-0.39, 0.29) is 6.04 Å². The lowest BCUT2D eigenvalue weighted by atomic mass is 10.0. The van der Waals surface area contributed by atoms with E-state index in [1.165, 1.54) is 24.8 Å². The molecule has 0 spiro atoms. The van der Waals surface area contributed by atoms with Gasteiger partial charge in [-0.2, -0.15) is 0 Å². The van der Waals surface area contributed by atoms with Crippen LogP contribution >= 0.6 is 0 Å². The lowest BCUT2D eigenvalue weighted by molar-refractivity contribution is 0.607. The number of nitrogens with two attached hydrogens (primary N) is 1. The van der Waals surface area contributed by atoms with E-state index >= 15 is 0 Å². The SMILES string of the molecule is CCCCCN(c1ncccc1CC(N)CC)C(C)C. The Hall–Kier alpha value is -1.09. The highest BCUT2D eigenvalue weighted by Gasteiger charge is 2.16. The van der Waals surface area contributed by atoms with Gasteiger partial charge >= 0.3 is 0 Å². The van der Waals surface area contributed by atoms with Crippen molar-refractivity contribution in [3.8, 4) is 0 Å². The van der Waals surface area contributed by atoms with Gasteiger partial charge in [0, 0.05) is 24.8 Å². The molecule has 1 rings (SSSR count). The first-order valence-electron chi connectivity index (χ1n) is 8.06. The number of anilines is 1. The van der Waals surface area contributed by atoms with Crippen LogP contribution in [0, 0.1) is 0 Å². The first-order chi connectivity index (χ1) is 9.60. The molecule has 0 fully saturated rings. The Labute approximate surface area is 124 Å². The van der Waals surface area contributed by atoms with Crippen LogP contribution in [0.5, 0.6) is 0 Å². The third-order valence-electron chi connectivity index (χ3n) is 3.77. The zero-order valence-corrected chi connectivity index (χ0v) is 13.6. The molecular formula is C17H31N3. The highest BCUT2D eigenvalue weighted by molar-refractivity contribution is 5.47. The minimum Gasteiger partial charge on any atom is -0.354 e. The molecule has 2 N–H and O–H groups in total. The van der Waals surface area contributed by atoms with Gasteiger partial charge in [0.25, 0.3) is 0 Å². The van der Waals surface area contributed by atoms with E-state index in [9.17, 15) is 0 Å². The second kappa shape index (κ2) is 8.96. The molecule has 1 unspecified atom stereocenters. The molecule has 0 saturated heterocycles. The summed E-state index contributed by atoms with van der Waals surface area (Å²) in [4.78, 5) is 7.06. The second-order valence-corrected chi connectivity index (χ2v) is 5.85. The van der Waals surface area contributed by atoms with Crippen molar-refractivity contribution in [1.82, 2.24) is 4.98 Å². The van der Waals surface area contributed by atoms with Crippen LogP contribution in [0.3, 0.4) is 0 Å². The van der Waals surface area contributed by atoms with E-state index in [1.807, 2.05) is 12.3 Å². The molecule has 1 aromatic rings. The molecule has 0 aromatic carbocycles. The van der Waals surface area contributed by atoms with Crippen molar-refractivity contribution >= 4 is 5.82 Å². The monoisotopic (exact) mass is 277 g/mol. The molecule has 3 heteroatoms. The average Bonchev–Trinajstić information content (AvgIpc) is 2.44. The Kier molecular flexibility index (Phi) is 7.60. The normalized spacial score (nSPS) is 12.7.